The second-order valence-electron chi connectivity index (χ2n) is 6.59. The number of aryl methyl sites for hydroxylation is 1. The van der Waals surface area contributed by atoms with Crippen LogP contribution < -0.4 is 10.6 Å². The van der Waals surface area contributed by atoms with Gasteiger partial charge in [0, 0.05) is 35.3 Å². The summed E-state index contributed by atoms with van der Waals surface area (Å²) in [6.07, 6.45) is 0.195. The third-order valence-corrected chi connectivity index (χ3v) is 5.16. The SMILES string of the molecule is Cc1ccc(NC(=O)Cc2nc(CN[C@H](C)c3ccc(F)cc3F)cs2)cc1. The van der Waals surface area contributed by atoms with Crippen LogP contribution in [0.25, 0.3) is 0 Å². The second-order valence-corrected chi connectivity index (χ2v) is 7.53. The van der Waals surface area contributed by atoms with Crippen molar-refractivity contribution in [2.24, 2.45) is 0 Å². The number of nitrogens with one attached hydrogen (secondary N) is 2. The normalized spacial score (nSPS) is 12.0. The van der Waals surface area contributed by atoms with E-state index in [9.17, 15) is 13.6 Å². The van der Waals surface area contributed by atoms with Crippen LogP contribution in [-0.2, 0) is 17.8 Å². The lowest BCUT2D eigenvalue weighted by atomic mass is 10.1. The standard InChI is InChI=1S/C21H21F2N3OS/c1-13-3-6-16(7-4-13)25-20(27)10-21-26-17(12-28-21)11-24-14(2)18-8-5-15(22)9-19(18)23/h3-9,12,14,24H,10-11H2,1-2H3,(H,25,27)/t14-/m1/s1. The van der Waals surface area contributed by atoms with Crippen molar-refractivity contribution in [2.45, 2.75) is 32.9 Å². The molecular formula is C21H21F2N3OS. The van der Waals surface area contributed by atoms with Gasteiger partial charge in [-0.05, 0) is 32.0 Å². The third kappa shape index (κ3) is 5.43. The van der Waals surface area contributed by atoms with Crippen LogP contribution in [0.4, 0.5) is 14.5 Å². The number of hydrogen-bond acceptors (Lipinski definition) is 4. The number of hydrogen-bond donors (Lipinski definition) is 2. The van der Waals surface area contributed by atoms with Gasteiger partial charge in [-0.15, -0.1) is 11.3 Å². The first-order valence-electron chi connectivity index (χ1n) is 8.89. The molecule has 2 N–H and O–H groups in total. The lowest BCUT2D eigenvalue weighted by molar-refractivity contribution is -0.115. The average Bonchev–Trinajstić information content (AvgIpc) is 3.09. The highest BCUT2D eigenvalue weighted by Gasteiger charge is 2.13. The van der Waals surface area contributed by atoms with Crippen LogP contribution in [0.5, 0.6) is 0 Å². The van der Waals surface area contributed by atoms with Crippen molar-refractivity contribution in [2.75, 3.05) is 5.32 Å². The number of thiazole rings is 1. The number of halogens is 2. The summed E-state index contributed by atoms with van der Waals surface area (Å²) < 4.78 is 26.9. The Kier molecular flexibility index (Phi) is 6.49. The molecule has 0 aliphatic rings. The molecule has 1 heterocycles. The largest absolute Gasteiger partial charge is 0.326 e. The molecule has 0 aliphatic heterocycles. The highest BCUT2D eigenvalue weighted by Crippen LogP contribution is 2.19. The minimum absolute atomic E-state index is 0.125. The first-order chi connectivity index (χ1) is 13.4. The fourth-order valence-corrected chi connectivity index (χ4v) is 3.50. The van der Waals surface area contributed by atoms with Gasteiger partial charge in [-0.1, -0.05) is 23.8 Å². The van der Waals surface area contributed by atoms with Gasteiger partial charge in [0.2, 0.25) is 5.91 Å². The first-order valence-corrected chi connectivity index (χ1v) is 9.77. The Balaban J connectivity index is 1.52. The Hall–Kier alpha value is -2.64. The van der Waals surface area contributed by atoms with E-state index in [1.807, 2.05) is 36.6 Å². The van der Waals surface area contributed by atoms with E-state index in [-0.39, 0.29) is 18.4 Å². The summed E-state index contributed by atoms with van der Waals surface area (Å²) in [5.74, 6) is -1.30. The van der Waals surface area contributed by atoms with E-state index in [1.165, 1.54) is 23.5 Å². The van der Waals surface area contributed by atoms with Gasteiger partial charge in [0.15, 0.2) is 0 Å². The molecule has 0 fully saturated rings. The molecule has 3 rings (SSSR count). The first kappa shape index (κ1) is 20.1. The van der Waals surface area contributed by atoms with Gasteiger partial charge in [-0.3, -0.25) is 4.79 Å². The number of carbonyl (C=O) groups excluding carboxylic acids is 1. The molecule has 1 atom stereocenters. The van der Waals surface area contributed by atoms with E-state index < -0.39 is 11.6 Å². The molecule has 2 aromatic carbocycles. The van der Waals surface area contributed by atoms with Crippen LogP contribution in [0.15, 0.2) is 47.8 Å². The Labute approximate surface area is 166 Å². The molecule has 0 bridgehead atoms. The smallest absolute Gasteiger partial charge is 0.231 e. The Bertz CT molecular complexity index is 957. The van der Waals surface area contributed by atoms with Crippen LogP contribution >= 0.6 is 11.3 Å². The predicted molar refractivity (Wildman–Crippen MR) is 107 cm³/mol. The number of rotatable bonds is 7. The van der Waals surface area contributed by atoms with Crippen molar-refractivity contribution >= 4 is 22.9 Å². The Morgan fingerprint density at radius 2 is 1.93 bits per heavy atom. The summed E-state index contributed by atoms with van der Waals surface area (Å²) in [5.41, 5.74) is 3.06. The van der Waals surface area contributed by atoms with Crippen molar-refractivity contribution < 1.29 is 13.6 Å². The number of anilines is 1. The van der Waals surface area contributed by atoms with E-state index in [0.717, 1.165) is 23.0 Å². The van der Waals surface area contributed by atoms with Gasteiger partial charge in [0.05, 0.1) is 12.1 Å². The predicted octanol–water partition coefficient (Wildman–Crippen LogP) is 4.76. The monoisotopic (exact) mass is 401 g/mol. The molecular weight excluding hydrogens is 380 g/mol. The highest BCUT2D eigenvalue weighted by molar-refractivity contribution is 7.09. The van der Waals surface area contributed by atoms with Crippen molar-refractivity contribution in [1.82, 2.24) is 10.3 Å². The van der Waals surface area contributed by atoms with E-state index in [2.05, 4.69) is 15.6 Å². The molecule has 3 aromatic rings. The van der Waals surface area contributed by atoms with Gasteiger partial charge in [-0.2, -0.15) is 0 Å². The lowest BCUT2D eigenvalue weighted by Crippen LogP contribution is -2.19. The topological polar surface area (TPSA) is 54.0 Å². The van der Waals surface area contributed by atoms with Crippen molar-refractivity contribution in [3.8, 4) is 0 Å². The van der Waals surface area contributed by atoms with E-state index >= 15 is 0 Å². The van der Waals surface area contributed by atoms with Crippen LogP contribution in [0.3, 0.4) is 0 Å². The Morgan fingerprint density at radius 3 is 2.64 bits per heavy atom. The summed E-state index contributed by atoms with van der Waals surface area (Å²) in [7, 11) is 0. The van der Waals surface area contributed by atoms with Crippen molar-refractivity contribution in [3.05, 3.63) is 81.3 Å². The number of aromatic nitrogens is 1. The van der Waals surface area contributed by atoms with Gasteiger partial charge in [-0.25, -0.2) is 13.8 Å². The zero-order valence-electron chi connectivity index (χ0n) is 15.6. The van der Waals surface area contributed by atoms with Gasteiger partial charge >= 0.3 is 0 Å². The molecule has 0 spiro atoms. The molecule has 0 aliphatic carbocycles. The molecule has 146 valence electrons. The average molecular weight is 401 g/mol. The minimum atomic E-state index is -0.596. The van der Waals surface area contributed by atoms with Crippen LogP contribution in [0, 0.1) is 18.6 Å². The number of carbonyl (C=O) groups is 1. The number of nitrogens with zero attached hydrogens (tertiary/aromatic N) is 1. The fraction of sp³-hybridized carbons (Fsp3) is 0.238. The Morgan fingerprint density at radius 1 is 1.18 bits per heavy atom. The fourth-order valence-electron chi connectivity index (χ4n) is 2.71. The molecule has 0 saturated carbocycles. The van der Waals surface area contributed by atoms with Gasteiger partial charge < -0.3 is 10.6 Å². The highest BCUT2D eigenvalue weighted by atomic mass is 32.1. The maximum atomic E-state index is 13.8. The summed E-state index contributed by atoms with van der Waals surface area (Å²) in [6, 6.07) is 10.9. The maximum absolute atomic E-state index is 13.8. The molecule has 1 amide bonds. The summed E-state index contributed by atoms with van der Waals surface area (Å²) >= 11 is 1.41. The van der Waals surface area contributed by atoms with E-state index in [0.29, 0.717) is 17.1 Å². The molecule has 0 unspecified atom stereocenters. The maximum Gasteiger partial charge on any atom is 0.231 e. The molecule has 7 heteroatoms. The van der Waals surface area contributed by atoms with Crippen molar-refractivity contribution in [1.29, 1.82) is 0 Å². The molecule has 4 nitrogen and oxygen atoms in total. The lowest BCUT2D eigenvalue weighted by Gasteiger charge is -2.14. The summed E-state index contributed by atoms with van der Waals surface area (Å²) in [6.45, 7) is 4.22. The van der Waals surface area contributed by atoms with Crippen LogP contribution in [-0.4, -0.2) is 10.9 Å². The van der Waals surface area contributed by atoms with Crippen molar-refractivity contribution in [3.63, 3.8) is 0 Å². The molecule has 0 saturated heterocycles. The molecule has 0 radical (unpaired) electrons. The zero-order chi connectivity index (χ0) is 20.1. The summed E-state index contributed by atoms with van der Waals surface area (Å²) in [4.78, 5) is 16.6. The van der Waals surface area contributed by atoms with E-state index in [4.69, 9.17) is 0 Å². The summed E-state index contributed by atoms with van der Waals surface area (Å²) in [5, 5.41) is 8.60. The molecule has 28 heavy (non-hydrogen) atoms. The zero-order valence-corrected chi connectivity index (χ0v) is 16.4. The van der Waals surface area contributed by atoms with Gasteiger partial charge in [0.25, 0.3) is 0 Å². The number of benzene rings is 2. The quantitative estimate of drug-likeness (QED) is 0.600. The van der Waals surface area contributed by atoms with E-state index in [1.54, 1.807) is 6.92 Å². The minimum Gasteiger partial charge on any atom is -0.326 e. The third-order valence-electron chi connectivity index (χ3n) is 4.26. The van der Waals surface area contributed by atoms with Crippen LogP contribution in [0.1, 0.15) is 34.8 Å². The molecule has 1 aromatic heterocycles. The number of amides is 1. The van der Waals surface area contributed by atoms with Crippen LogP contribution in [0.2, 0.25) is 0 Å². The second kappa shape index (κ2) is 9.03. The van der Waals surface area contributed by atoms with Gasteiger partial charge in [0.1, 0.15) is 16.6 Å².